The number of anilines is 1. The minimum atomic E-state index is -3.78. The van der Waals surface area contributed by atoms with Crippen LogP contribution in [-0.2, 0) is 14.8 Å². The van der Waals surface area contributed by atoms with Gasteiger partial charge in [-0.15, -0.1) is 0 Å². The lowest BCUT2D eigenvalue weighted by Gasteiger charge is -2.40. The summed E-state index contributed by atoms with van der Waals surface area (Å²) in [6.07, 6.45) is 0.608. The maximum Gasteiger partial charge on any atom is 0.255 e. The van der Waals surface area contributed by atoms with Crippen LogP contribution in [0.4, 0.5) is 10.1 Å². The van der Waals surface area contributed by atoms with Crippen molar-refractivity contribution in [3.05, 3.63) is 59.9 Å². The van der Waals surface area contributed by atoms with E-state index in [0.29, 0.717) is 25.3 Å². The number of hydrogen-bond acceptors (Lipinski definition) is 4. The number of sulfonamides is 1. The van der Waals surface area contributed by atoms with Crippen molar-refractivity contribution in [2.75, 3.05) is 18.5 Å². The van der Waals surface area contributed by atoms with Gasteiger partial charge in [0.05, 0.1) is 23.6 Å². The Morgan fingerprint density at radius 1 is 1.19 bits per heavy atom. The standard InChI is InChI=1S/C18H19FN2O4S.CH4/c1-2-18(11-25-12-18)21-26(23,24)16-5-3-4-13(10-16)17(22)20-15-8-6-14(19)7-9-15;/h3-10,21H,2,11-12H2,1H3,(H,20,22);1H4. The Kier molecular flexibility index (Phi) is 6.35. The fraction of sp³-hybridized carbons (Fsp3) is 0.316. The first-order valence-corrected chi connectivity index (χ1v) is 9.61. The molecule has 0 aromatic heterocycles. The van der Waals surface area contributed by atoms with Gasteiger partial charge < -0.3 is 10.1 Å². The van der Waals surface area contributed by atoms with Gasteiger partial charge in [-0.2, -0.15) is 0 Å². The number of carbonyl (C=O) groups is 1. The van der Waals surface area contributed by atoms with Crippen molar-refractivity contribution in [3.8, 4) is 0 Å². The van der Waals surface area contributed by atoms with E-state index >= 15 is 0 Å². The van der Waals surface area contributed by atoms with E-state index in [1.54, 1.807) is 0 Å². The molecule has 2 aromatic carbocycles. The second-order valence-corrected chi connectivity index (χ2v) is 7.90. The number of amides is 1. The van der Waals surface area contributed by atoms with E-state index in [2.05, 4.69) is 10.0 Å². The summed E-state index contributed by atoms with van der Waals surface area (Å²) in [4.78, 5) is 12.4. The topological polar surface area (TPSA) is 84.5 Å². The molecule has 0 bridgehead atoms. The highest BCUT2D eigenvalue weighted by Crippen LogP contribution is 2.24. The Bertz CT molecular complexity index is 904. The molecule has 3 rings (SSSR count). The first-order valence-electron chi connectivity index (χ1n) is 8.12. The van der Waals surface area contributed by atoms with Crippen LogP contribution < -0.4 is 10.0 Å². The molecule has 1 amide bonds. The molecular weight excluding hydrogens is 371 g/mol. The molecular formula is C19H23FN2O4S. The van der Waals surface area contributed by atoms with Crippen LogP contribution in [0.3, 0.4) is 0 Å². The van der Waals surface area contributed by atoms with Gasteiger partial charge in [0.2, 0.25) is 10.0 Å². The van der Waals surface area contributed by atoms with Crippen molar-refractivity contribution in [1.82, 2.24) is 4.72 Å². The third-order valence-electron chi connectivity index (χ3n) is 4.29. The minimum absolute atomic E-state index is 0. The van der Waals surface area contributed by atoms with E-state index in [1.807, 2.05) is 6.92 Å². The molecule has 6 nitrogen and oxygen atoms in total. The van der Waals surface area contributed by atoms with Gasteiger partial charge in [-0.1, -0.05) is 20.4 Å². The fourth-order valence-electron chi connectivity index (χ4n) is 2.57. The number of nitrogens with one attached hydrogen (secondary N) is 2. The molecule has 1 fully saturated rings. The molecule has 0 atom stereocenters. The number of rotatable bonds is 6. The molecule has 1 aliphatic rings. The lowest BCUT2D eigenvalue weighted by atomic mass is 9.96. The van der Waals surface area contributed by atoms with Crippen molar-refractivity contribution in [3.63, 3.8) is 0 Å². The second-order valence-electron chi connectivity index (χ2n) is 6.22. The van der Waals surface area contributed by atoms with Crippen LogP contribution in [0.25, 0.3) is 0 Å². The summed E-state index contributed by atoms with van der Waals surface area (Å²) in [5, 5.41) is 2.61. The van der Waals surface area contributed by atoms with Crippen LogP contribution in [0.2, 0.25) is 0 Å². The van der Waals surface area contributed by atoms with Crippen molar-refractivity contribution < 1.29 is 22.3 Å². The van der Waals surface area contributed by atoms with Gasteiger partial charge in [-0.05, 0) is 48.9 Å². The lowest BCUT2D eigenvalue weighted by molar-refractivity contribution is -0.0641. The SMILES string of the molecule is C.CCC1(NS(=O)(=O)c2cccc(C(=O)Nc3ccc(F)cc3)c2)COC1. The summed E-state index contributed by atoms with van der Waals surface area (Å²) in [5.41, 5.74) is 0.0116. The Hall–Kier alpha value is -2.29. The molecule has 0 unspecified atom stereocenters. The van der Waals surface area contributed by atoms with E-state index in [1.165, 1.54) is 48.5 Å². The van der Waals surface area contributed by atoms with Crippen molar-refractivity contribution in [2.24, 2.45) is 0 Å². The monoisotopic (exact) mass is 394 g/mol. The van der Waals surface area contributed by atoms with Gasteiger partial charge in [-0.3, -0.25) is 4.79 Å². The molecule has 0 saturated carbocycles. The Morgan fingerprint density at radius 3 is 2.41 bits per heavy atom. The predicted molar refractivity (Wildman–Crippen MR) is 102 cm³/mol. The second kappa shape index (κ2) is 8.16. The first kappa shape index (κ1) is 21.0. The number of ether oxygens (including phenoxy) is 1. The van der Waals surface area contributed by atoms with Gasteiger partial charge in [-0.25, -0.2) is 17.5 Å². The zero-order chi connectivity index (χ0) is 18.8. The minimum Gasteiger partial charge on any atom is -0.377 e. The molecule has 146 valence electrons. The average Bonchev–Trinajstić information content (AvgIpc) is 2.60. The van der Waals surface area contributed by atoms with Crippen LogP contribution in [0.1, 0.15) is 31.1 Å². The van der Waals surface area contributed by atoms with Gasteiger partial charge in [0.25, 0.3) is 5.91 Å². The summed E-state index contributed by atoms with van der Waals surface area (Å²) in [5.74, 6) is -0.891. The summed E-state index contributed by atoms with van der Waals surface area (Å²) < 4.78 is 46.0. The van der Waals surface area contributed by atoms with Gasteiger partial charge in [0.1, 0.15) is 5.82 Å². The van der Waals surface area contributed by atoms with E-state index in [4.69, 9.17) is 4.74 Å². The average molecular weight is 394 g/mol. The highest BCUT2D eigenvalue weighted by molar-refractivity contribution is 7.89. The molecule has 1 aliphatic heterocycles. The molecule has 0 aliphatic carbocycles. The normalized spacial score (nSPS) is 15.3. The highest BCUT2D eigenvalue weighted by Gasteiger charge is 2.40. The molecule has 2 aromatic rings. The Balaban J connectivity index is 0.00000261. The molecule has 1 heterocycles. The quantitative estimate of drug-likeness (QED) is 0.788. The summed E-state index contributed by atoms with van der Waals surface area (Å²) in [7, 11) is -3.78. The van der Waals surface area contributed by atoms with Crippen LogP contribution in [0.15, 0.2) is 53.4 Å². The molecule has 0 radical (unpaired) electrons. The smallest absolute Gasteiger partial charge is 0.255 e. The lowest BCUT2D eigenvalue weighted by Crippen LogP contribution is -2.61. The zero-order valence-corrected chi connectivity index (χ0v) is 15.0. The van der Waals surface area contributed by atoms with Crippen LogP contribution in [0, 0.1) is 5.82 Å². The number of halogens is 1. The van der Waals surface area contributed by atoms with Gasteiger partial charge >= 0.3 is 0 Å². The fourth-order valence-corrected chi connectivity index (χ4v) is 4.06. The molecule has 2 N–H and O–H groups in total. The molecule has 27 heavy (non-hydrogen) atoms. The van der Waals surface area contributed by atoms with E-state index in [0.717, 1.165) is 0 Å². The van der Waals surface area contributed by atoms with Gasteiger partial charge in [0.15, 0.2) is 0 Å². The van der Waals surface area contributed by atoms with Crippen LogP contribution >= 0.6 is 0 Å². The first-order chi connectivity index (χ1) is 12.3. The van der Waals surface area contributed by atoms with Crippen molar-refractivity contribution >= 4 is 21.6 Å². The Labute approximate surface area is 158 Å². The maximum absolute atomic E-state index is 12.9. The summed E-state index contributed by atoms with van der Waals surface area (Å²) in [6, 6.07) is 11.1. The highest BCUT2D eigenvalue weighted by atomic mass is 32.2. The van der Waals surface area contributed by atoms with E-state index in [-0.39, 0.29) is 17.9 Å². The number of carbonyl (C=O) groups excluding carboxylic acids is 1. The third-order valence-corrected chi connectivity index (χ3v) is 5.87. The number of hydrogen-bond donors (Lipinski definition) is 2. The number of benzene rings is 2. The molecule has 8 heteroatoms. The van der Waals surface area contributed by atoms with Crippen molar-refractivity contribution in [2.45, 2.75) is 31.2 Å². The van der Waals surface area contributed by atoms with E-state index < -0.39 is 27.3 Å². The van der Waals surface area contributed by atoms with Crippen LogP contribution in [-0.4, -0.2) is 33.1 Å². The largest absolute Gasteiger partial charge is 0.377 e. The maximum atomic E-state index is 12.9. The third kappa shape index (κ3) is 4.71. The van der Waals surface area contributed by atoms with E-state index in [9.17, 15) is 17.6 Å². The summed E-state index contributed by atoms with van der Waals surface area (Å²) >= 11 is 0. The van der Waals surface area contributed by atoms with Crippen LogP contribution in [0.5, 0.6) is 0 Å². The summed E-state index contributed by atoms with van der Waals surface area (Å²) in [6.45, 7) is 2.54. The predicted octanol–water partition coefficient (Wildman–Crippen LogP) is 3.17. The molecule has 0 spiro atoms. The molecule has 1 saturated heterocycles. The Morgan fingerprint density at radius 2 is 1.85 bits per heavy atom. The zero-order valence-electron chi connectivity index (χ0n) is 14.2. The van der Waals surface area contributed by atoms with Gasteiger partial charge in [0, 0.05) is 11.3 Å². The van der Waals surface area contributed by atoms with Crippen molar-refractivity contribution in [1.29, 1.82) is 0 Å².